The Morgan fingerprint density at radius 1 is 1.33 bits per heavy atom. The van der Waals surface area contributed by atoms with E-state index in [4.69, 9.17) is 22.1 Å². The summed E-state index contributed by atoms with van der Waals surface area (Å²) >= 11 is 5.85. The zero-order chi connectivity index (χ0) is 17.3. The first-order valence-corrected chi connectivity index (χ1v) is 7.36. The molecule has 10 heteroatoms. The van der Waals surface area contributed by atoms with Gasteiger partial charge in [0.2, 0.25) is 5.28 Å². The fourth-order valence-corrected chi connectivity index (χ4v) is 2.41. The van der Waals surface area contributed by atoms with E-state index in [1.165, 1.54) is 12.3 Å². The molecule has 0 aliphatic heterocycles. The lowest BCUT2D eigenvalue weighted by Gasteiger charge is -2.14. The van der Waals surface area contributed by atoms with Crippen LogP contribution in [0.4, 0.5) is 14.6 Å². The van der Waals surface area contributed by atoms with Crippen molar-refractivity contribution in [3.63, 3.8) is 0 Å². The molecular weight excluding hydrogens is 342 g/mol. The second-order valence-electron chi connectivity index (χ2n) is 5.00. The topological polar surface area (TPSA) is 91.7 Å². The van der Waals surface area contributed by atoms with Gasteiger partial charge < -0.3 is 15.0 Å². The summed E-state index contributed by atoms with van der Waals surface area (Å²) in [5.41, 5.74) is 7.26. The first-order valence-electron chi connectivity index (χ1n) is 6.98. The van der Waals surface area contributed by atoms with Gasteiger partial charge in [0.1, 0.15) is 17.9 Å². The Labute approximate surface area is 140 Å². The molecule has 3 aromatic rings. The highest BCUT2D eigenvalue weighted by molar-refractivity contribution is 6.28. The molecule has 0 spiro atoms. The summed E-state index contributed by atoms with van der Waals surface area (Å²) in [6, 6.07) is 2.81. The van der Waals surface area contributed by atoms with E-state index in [0.29, 0.717) is 22.6 Å². The molecule has 0 saturated heterocycles. The fourth-order valence-electron chi connectivity index (χ4n) is 2.24. The quantitative estimate of drug-likeness (QED) is 0.708. The lowest BCUT2D eigenvalue weighted by molar-refractivity contribution is 0.0818. The van der Waals surface area contributed by atoms with Crippen LogP contribution >= 0.6 is 11.6 Å². The Bertz CT molecular complexity index is 872. The van der Waals surface area contributed by atoms with Crippen LogP contribution in [0.25, 0.3) is 11.2 Å². The van der Waals surface area contributed by atoms with E-state index in [0.717, 1.165) is 0 Å². The number of hydrogen-bond acceptors (Lipinski definition) is 6. The molecule has 0 aliphatic carbocycles. The minimum atomic E-state index is -2.54. The monoisotopic (exact) mass is 354 g/mol. The second-order valence-corrected chi connectivity index (χ2v) is 5.33. The van der Waals surface area contributed by atoms with Crippen LogP contribution in [0.1, 0.15) is 18.7 Å². The first-order chi connectivity index (χ1) is 11.5. The maximum Gasteiger partial charge on any atom is 0.272 e. The molecule has 0 aromatic carbocycles. The van der Waals surface area contributed by atoms with E-state index in [9.17, 15) is 8.78 Å². The van der Waals surface area contributed by atoms with Gasteiger partial charge in [0, 0.05) is 12.3 Å². The Hall–Kier alpha value is -2.55. The van der Waals surface area contributed by atoms with Crippen LogP contribution in [0.15, 0.2) is 24.7 Å². The van der Waals surface area contributed by atoms with Crippen molar-refractivity contribution < 1.29 is 13.5 Å². The number of nitrogens with two attached hydrogens (primary N) is 1. The number of aromatic nitrogens is 5. The van der Waals surface area contributed by atoms with Crippen molar-refractivity contribution in [3.8, 4) is 5.75 Å². The number of fused-ring (bicyclic) bond motifs is 1. The summed E-state index contributed by atoms with van der Waals surface area (Å²) in [6.45, 7) is 1.18. The van der Waals surface area contributed by atoms with Crippen molar-refractivity contribution in [2.75, 3.05) is 12.3 Å². The summed E-state index contributed by atoms with van der Waals surface area (Å²) in [6.07, 6.45) is 0.492. The molecule has 0 aliphatic rings. The zero-order valence-electron chi connectivity index (χ0n) is 12.5. The lowest BCUT2D eigenvalue weighted by atomic mass is 10.2. The predicted molar refractivity (Wildman–Crippen MR) is 84.3 cm³/mol. The molecule has 3 rings (SSSR count). The molecule has 126 valence electrons. The van der Waals surface area contributed by atoms with Crippen molar-refractivity contribution in [1.29, 1.82) is 0 Å². The number of ether oxygens (including phenoxy) is 1. The molecular formula is C14H13ClF2N6O. The molecule has 3 heterocycles. The maximum absolute atomic E-state index is 12.3. The number of halogens is 3. The third-order valence-electron chi connectivity index (χ3n) is 3.39. The highest BCUT2D eigenvalue weighted by Gasteiger charge is 2.17. The van der Waals surface area contributed by atoms with Crippen LogP contribution in [0.5, 0.6) is 5.75 Å². The molecule has 0 amide bonds. The van der Waals surface area contributed by atoms with E-state index >= 15 is 0 Å². The predicted octanol–water partition coefficient (Wildman–Crippen LogP) is 2.71. The van der Waals surface area contributed by atoms with Crippen LogP contribution in [-0.2, 0) is 0 Å². The van der Waals surface area contributed by atoms with Crippen molar-refractivity contribution in [2.45, 2.75) is 19.4 Å². The minimum absolute atomic E-state index is 0.0101. The second kappa shape index (κ2) is 6.52. The molecule has 0 bridgehead atoms. The van der Waals surface area contributed by atoms with E-state index in [1.807, 2.05) is 6.92 Å². The third-order valence-corrected chi connectivity index (χ3v) is 3.56. The van der Waals surface area contributed by atoms with Gasteiger partial charge in [-0.3, -0.25) is 4.98 Å². The van der Waals surface area contributed by atoms with Gasteiger partial charge in [0.05, 0.1) is 18.1 Å². The van der Waals surface area contributed by atoms with Gasteiger partial charge in [0.25, 0.3) is 6.43 Å². The van der Waals surface area contributed by atoms with Gasteiger partial charge in [-0.2, -0.15) is 9.97 Å². The molecule has 24 heavy (non-hydrogen) atoms. The average Bonchev–Trinajstić information content (AvgIpc) is 2.96. The summed E-state index contributed by atoms with van der Waals surface area (Å²) in [5, 5.41) is 0.0101. The van der Waals surface area contributed by atoms with Gasteiger partial charge in [-0.15, -0.1) is 0 Å². The molecule has 3 aromatic heterocycles. The summed E-state index contributed by atoms with van der Waals surface area (Å²) < 4.78 is 31.3. The van der Waals surface area contributed by atoms with Crippen LogP contribution in [0.2, 0.25) is 5.28 Å². The molecule has 2 N–H and O–H groups in total. The molecule has 0 saturated carbocycles. The fraction of sp³-hybridized carbons (Fsp3) is 0.286. The van der Waals surface area contributed by atoms with Gasteiger partial charge in [-0.25, -0.2) is 13.8 Å². The number of imidazole rings is 1. The highest BCUT2D eigenvalue weighted by Crippen LogP contribution is 2.26. The number of nitrogen functional groups attached to an aromatic ring is 1. The summed E-state index contributed by atoms with van der Waals surface area (Å²) in [7, 11) is 0. The van der Waals surface area contributed by atoms with E-state index in [-0.39, 0.29) is 17.1 Å². The van der Waals surface area contributed by atoms with Gasteiger partial charge in [-0.1, -0.05) is 0 Å². The Kier molecular flexibility index (Phi) is 4.43. The molecule has 0 fully saturated rings. The van der Waals surface area contributed by atoms with Crippen LogP contribution in [0, 0.1) is 0 Å². The number of anilines is 1. The van der Waals surface area contributed by atoms with Gasteiger partial charge in [-0.05, 0) is 24.6 Å². The zero-order valence-corrected chi connectivity index (χ0v) is 13.3. The summed E-state index contributed by atoms with van der Waals surface area (Å²) in [4.78, 5) is 16.4. The van der Waals surface area contributed by atoms with Crippen molar-refractivity contribution >= 4 is 28.6 Å². The van der Waals surface area contributed by atoms with Gasteiger partial charge >= 0.3 is 0 Å². The molecule has 1 atom stereocenters. The van der Waals surface area contributed by atoms with Crippen LogP contribution in [-0.4, -0.2) is 37.5 Å². The van der Waals surface area contributed by atoms with Crippen LogP contribution < -0.4 is 10.5 Å². The van der Waals surface area contributed by atoms with E-state index < -0.39 is 13.0 Å². The Morgan fingerprint density at radius 3 is 2.88 bits per heavy atom. The minimum Gasteiger partial charge on any atom is -0.488 e. The number of pyridine rings is 1. The number of hydrogen-bond donors (Lipinski definition) is 1. The average molecular weight is 355 g/mol. The Morgan fingerprint density at radius 2 is 2.12 bits per heavy atom. The number of alkyl halides is 2. The highest BCUT2D eigenvalue weighted by atomic mass is 35.5. The molecule has 7 nitrogen and oxygen atoms in total. The first kappa shape index (κ1) is 16.3. The van der Waals surface area contributed by atoms with Crippen molar-refractivity contribution in [1.82, 2.24) is 24.5 Å². The molecule has 0 radical (unpaired) electrons. The Balaban J connectivity index is 1.95. The normalized spacial score (nSPS) is 12.7. The van der Waals surface area contributed by atoms with Crippen molar-refractivity contribution in [3.05, 3.63) is 35.6 Å². The van der Waals surface area contributed by atoms with E-state index in [2.05, 4.69) is 19.9 Å². The largest absolute Gasteiger partial charge is 0.488 e. The standard InChI is InChI=1S/C14H13ClF2N6O/c1-7(9-4-8(2-3-19-9)24-5-10(16)17)23-6-20-11-12(18)21-14(15)22-13(11)23/h2-4,6-7,10H,5H2,1H3,(H2,18,21,22)/t7-/m0/s1. The smallest absolute Gasteiger partial charge is 0.272 e. The summed E-state index contributed by atoms with van der Waals surface area (Å²) in [5.74, 6) is 0.488. The SMILES string of the molecule is C[C@@H](c1cc(OCC(F)F)ccn1)n1cnc2c(N)nc(Cl)nc21. The maximum atomic E-state index is 12.3. The van der Waals surface area contributed by atoms with Crippen molar-refractivity contribution in [2.24, 2.45) is 0 Å². The van der Waals surface area contributed by atoms with Gasteiger partial charge in [0.15, 0.2) is 11.5 Å². The third kappa shape index (κ3) is 3.21. The lowest BCUT2D eigenvalue weighted by Crippen LogP contribution is -2.10. The number of rotatable bonds is 5. The molecule has 0 unspecified atom stereocenters. The number of nitrogens with zero attached hydrogens (tertiary/aromatic N) is 5. The van der Waals surface area contributed by atoms with Crippen LogP contribution in [0.3, 0.4) is 0 Å². The van der Waals surface area contributed by atoms with E-state index in [1.54, 1.807) is 17.0 Å².